The van der Waals surface area contributed by atoms with Crippen LogP contribution in [0, 0.1) is 17.6 Å². The lowest BCUT2D eigenvalue weighted by atomic mass is 10.1. The number of nitrogens with one attached hydrogen (secondary N) is 1. The van der Waals surface area contributed by atoms with Crippen molar-refractivity contribution in [3.63, 3.8) is 0 Å². The fraction of sp³-hybridized carbons (Fsp3) is 0.400. The molecule has 0 spiro atoms. The highest BCUT2D eigenvalue weighted by Gasteiger charge is 2.36. The molecule has 2 fully saturated rings. The summed E-state index contributed by atoms with van der Waals surface area (Å²) in [6.07, 6.45) is 0.872. The minimum Gasteiger partial charge on any atom is -0.341 e. The molecule has 3 amide bonds. The van der Waals surface area contributed by atoms with Crippen LogP contribution in [0.15, 0.2) is 42.5 Å². The standard InChI is InChI=1S/C25H27ClF2N4O3/c26-19-4-2-17(3-5-19)14-32-15-18(12-24(32)34)25(35)31-9-1-8-30(10-11-31)16-23(33)29-22-7-6-20(27)13-21(22)28/h2-7,13,18H,1,8-12,14-16H2,(H,29,33). The van der Waals surface area contributed by atoms with Crippen molar-refractivity contribution in [1.29, 1.82) is 0 Å². The van der Waals surface area contributed by atoms with E-state index in [9.17, 15) is 23.2 Å². The van der Waals surface area contributed by atoms with Crippen molar-refractivity contribution >= 4 is 35.0 Å². The van der Waals surface area contributed by atoms with E-state index < -0.39 is 17.5 Å². The van der Waals surface area contributed by atoms with Crippen LogP contribution < -0.4 is 5.32 Å². The normalized spacial score (nSPS) is 19.1. The molecule has 2 aromatic rings. The maximum Gasteiger partial charge on any atom is 0.238 e. The molecule has 1 N–H and O–H groups in total. The molecule has 2 heterocycles. The summed E-state index contributed by atoms with van der Waals surface area (Å²) in [5, 5.41) is 3.09. The highest BCUT2D eigenvalue weighted by atomic mass is 35.5. The number of amides is 3. The average Bonchev–Trinajstić information content (AvgIpc) is 3.02. The number of hydrogen-bond donors (Lipinski definition) is 1. The van der Waals surface area contributed by atoms with E-state index in [1.807, 2.05) is 17.0 Å². The molecular weight excluding hydrogens is 478 g/mol. The van der Waals surface area contributed by atoms with Crippen molar-refractivity contribution in [2.75, 3.05) is 44.6 Å². The average molecular weight is 505 g/mol. The molecule has 186 valence electrons. The monoisotopic (exact) mass is 504 g/mol. The van der Waals surface area contributed by atoms with Crippen LogP contribution in [-0.2, 0) is 20.9 Å². The minimum absolute atomic E-state index is 0.0373. The number of hydrogen-bond acceptors (Lipinski definition) is 4. The number of carbonyl (C=O) groups excluding carboxylic acids is 3. The number of carbonyl (C=O) groups is 3. The molecule has 1 unspecified atom stereocenters. The molecule has 2 aliphatic rings. The van der Waals surface area contributed by atoms with Gasteiger partial charge in [-0.25, -0.2) is 8.78 Å². The van der Waals surface area contributed by atoms with Gasteiger partial charge in [-0.3, -0.25) is 19.3 Å². The third kappa shape index (κ3) is 6.55. The highest BCUT2D eigenvalue weighted by molar-refractivity contribution is 6.30. The van der Waals surface area contributed by atoms with Crippen LogP contribution in [0.3, 0.4) is 0 Å². The molecule has 7 nitrogen and oxygen atoms in total. The Bertz CT molecular complexity index is 1100. The summed E-state index contributed by atoms with van der Waals surface area (Å²) in [4.78, 5) is 43.4. The number of likely N-dealkylation sites (tertiary alicyclic amines) is 1. The third-order valence-electron chi connectivity index (χ3n) is 6.32. The van der Waals surface area contributed by atoms with Crippen molar-refractivity contribution < 1.29 is 23.2 Å². The van der Waals surface area contributed by atoms with Gasteiger partial charge in [-0.15, -0.1) is 0 Å². The molecule has 0 bridgehead atoms. The van der Waals surface area contributed by atoms with Crippen molar-refractivity contribution in [3.05, 3.63) is 64.7 Å². The Labute approximate surface area is 207 Å². The van der Waals surface area contributed by atoms with E-state index >= 15 is 0 Å². The fourth-order valence-corrected chi connectivity index (χ4v) is 4.62. The molecule has 35 heavy (non-hydrogen) atoms. The van der Waals surface area contributed by atoms with Crippen LogP contribution in [0.4, 0.5) is 14.5 Å². The highest BCUT2D eigenvalue weighted by Crippen LogP contribution is 2.23. The Morgan fingerprint density at radius 1 is 1.03 bits per heavy atom. The second-order valence-corrected chi connectivity index (χ2v) is 9.37. The van der Waals surface area contributed by atoms with Crippen LogP contribution in [-0.4, -0.2) is 71.7 Å². The Kier molecular flexibility index (Phi) is 7.97. The fourth-order valence-electron chi connectivity index (χ4n) is 4.49. The summed E-state index contributed by atoms with van der Waals surface area (Å²) in [7, 11) is 0. The van der Waals surface area contributed by atoms with Crippen molar-refractivity contribution in [2.24, 2.45) is 5.92 Å². The summed E-state index contributed by atoms with van der Waals surface area (Å²) in [6.45, 7) is 2.94. The van der Waals surface area contributed by atoms with Crippen LogP contribution in [0.2, 0.25) is 5.02 Å². The van der Waals surface area contributed by atoms with Gasteiger partial charge in [0.1, 0.15) is 11.6 Å². The van der Waals surface area contributed by atoms with E-state index in [4.69, 9.17) is 11.6 Å². The zero-order valence-corrected chi connectivity index (χ0v) is 19.9. The first kappa shape index (κ1) is 25.1. The maximum absolute atomic E-state index is 13.8. The lowest BCUT2D eigenvalue weighted by Crippen LogP contribution is -2.41. The number of benzene rings is 2. The zero-order chi connectivity index (χ0) is 24.9. The Morgan fingerprint density at radius 2 is 1.80 bits per heavy atom. The number of rotatable bonds is 6. The van der Waals surface area contributed by atoms with Gasteiger partial charge in [0, 0.05) is 56.8 Å². The van der Waals surface area contributed by atoms with Gasteiger partial charge in [-0.2, -0.15) is 0 Å². The maximum atomic E-state index is 13.8. The van der Waals surface area contributed by atoms with Crippen LogP contribution in [0.5, 0.6) is 0 Å². The molecule has 10 heteroatoms. The van der Waals surface area contributed by atoms with Gasteiger partial charge >= 0.3 is 0 Å². The first-order valence-electron chi connectivity index (χ1n) is 11.6. The Balaban J connectivity index is 1.27. The minimum atomic E-state index is -0.831. The molecule has 4 rings (SSSR count). The van der Waals surface area contributed by atoms with E-state index in [0.717, 1.165) is 17.7 Å². The summed E-state index contributed by atoms with van der Waals surface area (Å²) in [5.74, 6) is -2.42. The number of nitrogens with zero attached hydrogens (tertiary/aromatic N) is 3. The third-order valence-corrected chi connectivity index (χ3v) is 6.58. The Hall–Kier alpha value is -3.04. The number of anilines is 1. The summed E-state index contributed by atoms with van der Waals surface area (Å²) in [6, 6.07) is 10.3. The van der Waals surface area contributed by atoms with E-state index in [2.05, 4.69) is 5.32 Å². The molecule has 2 saturated heterocycles. The molecule has 0 radical (unpaired) electrons. The van der Waals surface area contributed by atoms with Gasteiger partial charge < -0.3 is 15.1 Å². The van der Waals surface area contributed by atoms with Gasteiger partial charge in [0.15, 0.2) is 0 Å². The smallest absolute Gasteiger partial charge is 0.238 e. The number of halogens is 3. The summed E-state index contributed by atoms with van der Waals surface area (Å²) in [5.41, 5.74) is 0.886. The largest absolute Gasteiger partial charge is 0.341 e. The topological polar surface area (TPSA) is 73.0 Å². The first-order valence-corrected chi connectivity index (χ1v) is 11.9. The predicted molar refractivity (Wildman–Crippen MR) is 128 cm³/mol. The van der Waals surface area contributed by atoms with Gasteiger partial charge in [-0.1, -0.05) is 23.7 Å². The van der Waals surface area contributed by atoms with Gasteiger partial charge in [0.05, 0.1) is 18.2 Å². The van der Waals surface area contributed by atoms with Crippen LogP contribution in [0.25, 0.3) is 0 Å². The molecule has 2 aliphatic heterocycles. The van der Waals surface area contributed by atoms with Crippen molar-refractivity contribution in [1.82, 2.24) is 14.7 Å². The van der Waals surface area contributed by atoms with Crippen molar-refractivity contribution in [3.8, 4) is 0 Å². The molecule has 0 saturated carbocycles. The van der Waals surface area contributed by atoms with E-state index in [0.29, 0.717) is 50.7 Å². The molecular formula is C25H27ClF2N4O3. The van der Waals surface area contributed by atoms with Gasteiger partial charge in [0.25, 0.3) is 0 Å². The van der Waals surface area contributed by atoms with E-state index in [-0.39, 0.29) is 36.4 Å². The predicted octanol–water partition coefficient (Wildman–Crippen LogP) is 3.14. The summed E-state index contributed by atoms with van der Waals surface area (Å²) >= 11 is 5.92. The van der Waals surface area contributed by atoms with Crippen LogP contribution in [0.1, 0.15) is 18.4 Å². The van der Waals surface area contributed by atoms with E-state index in [1.165, 1.54) is 6.07 Å². The zero-order valence-electron chi connectivity index (χ0n) is 19.2. The molecule has 0 aliphatic carbocycles. The SMILES string of the molecule is O=C(CN1CCCN(C(=O)C2CC(=O)N(Cc3ccc(Cl)cc3)C2)CC1)Nc1ccc(F)cc1F. The van der Waals surface area contributed by atoms with Crippen LogP contribution >= 0.6 is 11.6 Å². The molecule has 0 aromatic heterocycles. The van der Waals surface area contributed by atoms with Gasteiger partial charge in [-0.05, 0) is 36.2 Å². The van der Waals surface area contributed by atoms with Gasteiger partial charge in [0.2, 0.25) is 17.7 Å². The second kappa shape index (κ2) is 11.1. The first-order chi connectivity index (χ1) is 16.8. The summed E-state index contributed by atoms with van der Waals surface area (Å²) < 4.78 is 26.8. The molecule has 2 aromatic carbocycles. The quantitative estimate of drug-likeness (QED) is 0.656. The van der Waals surface area contributed by atoms with E-state index in [1.54, 1.807) is 21.9 Å². The lowest BCUT2D eigenvalue weighted by Gasteiger charge is -2.24. The second-order valence-electron chi connectivity index (χ2n) is 8.93. The van der Waals surface area contributed by atoms with Crippen molar-refractivity contribution in [2.45, 2.75) is 19.4 Å². The Morgan fingerprint density at radius 3 is 2.54 bits per heavy atom. The lowest BCUT2D eigenvalue weighted by molar-refractivity contribution is -0.135. The molecule has 1 atom stereocenters.